The van der Waals surface area contributed by atoms with E-state index in [9.17, 15) is 4.79 Å². The first kappa shape index (κ1) is 13.6. The highest BCUT2D eigenvalue weighted by atomic mass is 32.1. The van der Waals surface area contributed by atoms with Crippen LogP contribution in [0.25, 0.3) is 0 Å². The molecule has 100 valence electrons. The van der Waals surface area contributed by atoms with Gasteiger partial charge in [0.25, 0.3) is 0 Å². The molecule has 1 atom stereocenters. The molecule has 3 nitrogen and oxygen atoms in total. The van der Waals surface area contributed by atoms with E-state index in [1.54, 1.807) is 11.3 Å². The standard InChI is InChI=1S/C14H22N2OS/c1-11-6-9-18-13(11)5-8-16(2)14(17)10-12-4-3-7-15-12/h6,9,12,15H,3-5,7-8,10H2,1-2H3. The van der Waals surface area contributed by atoms with Crippen molar-refractivity contribution in [2.24, 2.45) is 0 Å². The topological polar surface area (TPSA) is 32.3 Å². The van der Waals surface area contributed by atoms with E-state index in [0.717, 1.165) is 25.9 Å². The summed E-state index contributed by atoms with van der Waals surface area (Å²) in [6.07, 6.45) is 3.98. The fraction of sp³-hybridized carbons (Fsp3) is 0.643. The van der Waals surface area contributed by atoms with Gasteiger partial charge in [-0.15, -0.1) is 11.3 Å². The smallest absolute Gasteiger partial charge is 0.223 e. The minimum Gasteiger partial charge on any atom is -0.345 e. The lowest BCUT2D eigenvalue weighted by molar-refractivity contribution is -0.130. The fourth-order valence-electron chi connectivity index (χ4n) is 2.35. The van der Waals surface area contributed by atoms with Crippen LogP contribution < -0.4 is 5.32 Å². The highest BCUT2D eigenvalue weighted by Crippen LogP contribution is 2.16. The summed E-state index contributed by atoms with van der Waals surface area (Å²) in [5.41, 5.74) is 1.35. The Bertz CT molecular complexity index is 396. The minimum atomic E-state index is 0.267. The highest BCUT2D eigenvalue weighted by molar-refractivity contribution is 7.10. The molecular weight excluding hydrogens is 244 g/mol. The van der Waals surface area contributed by atoms with Gasteiger partial charge in [-0.05, 0) is 49.7 Å². The lowest BCUT2D eigenvalue weighted by atomic mass is 10.1. The Kier molecular flexibility index (Phi) is 4.78. The number of amides is 1. The fourth-order valence-corrected chi connectivity index (χ4v) is 3.25. The van der Waals surface area contributed by atoms with Gasteiger partial charge >= 0.3 is 0 Å². The van der Waals surface area contributed by atoms with E-state index in [0.29, 0.717) is 12.5 Å². The third-order valence-electron chi connectivity index (χ3n) is 3.65. The van der Waals surface area contributed by atoms with Gasteiger partial charge in [-0.2, -0.15) is 0 Å². The third kappa shape index (κ3) is 3.56. The normalized spacial score (nSPS) is 19.1. The second kappa shape index (κ2) is 6.34. The first-order valence-electron chi connectivity index (χ1n) is 6.67. The number of hydrogen-bond donors (Lipinski definition) is 1. The number of carbonyl (C=O) groups excluding carboxylic acids is 1. The van der Waals surface area contributed by atoms with Gasteiger partial charge in [-0.1, -0.05) is 0 Å². The average Bonchev–Trinajstić information content (AvgIpc) is 2.98. The molecule has 1 aromatic heterocycles. The molecule has 1 saturated heterocycles. The Hall–Kier alpha value is -0.870. The van der Waals surface area contributed by atoms with Crippen molar-refractivity contribution in [2.45, 2.75) is 38.6 Å². The number of carbonyl (C=O) groups is 1. The van der Waals surface area contributed by atoms with Crippen LogP contribution >= 0.6 is 11.3 Å². The molecule has 1 unspecified atom stereocenters. The lowest BCUT2D eigenvalue weighted by Crippen LogP contribution is -2.34. The first-order valence-corrected chi connectivity index (χ1v) is 7.55. The van der Waals surface area contributed by atoms with Crippen LogP contribution in [0.1, 0.15) is 29.7 Å². The zero-order valence-electron chi connectivity index (χ0n) is 11.2. The average molecular weight is 266 g/mol. The molecule has 4 heteroatoms. The second-order valence-corrected chi connectivity index (χ2v) is 6.09. The van der Waals surface area contributed by atoms with Crippen molar-refractivity contribution in [1.82, 2.24) is 10.2 Å². The van der Waals surface area contributed by atoms with Gasteiger partial charge in [0.15, 0.2) is 0 Å². The third-order valence-corrected chi connectivity index (χ3v) is 4.73. The zero-order valence-corrected chi connectivity index (χ0v) is 12.1. The quantitative estimate of drug-likeness (QED) is 0.886. The van der Waals surface area contributed by atoms with Gasteiger partial charge in [-0.3, -0.25) is 4.79 Å². The second-order valence-electron chi connectivity index (χ2n) is 5.09. The highest BCUT2D eigenvalue weighted by Gasteiger charge is 2.19. The van der Waals surface area contributed by atoms with E-state index < -0.39 is 0 Å². The molecule has 0 bridgehead atoms. The van der Waals surface area contributed by atoms with Gasteiger partial charge in [0.05, 0.1) is 0 Å². The number of nitrogens with one attached hydrogen (secondary N) is 1. The van der Waals surface area contributed by atoms with Crippen LogP contribution in [-0.2, 0) is 11.2 Å². The summed E-state index contributed by atoms with van der Waals surface area (Å²) >= 11 is 1.79. The van der Waals surface area contributed by atoms with Crippen molar-refractivity contribution in [3.63, 3.8) is 0 Å². The van der Waals surface area contributed by atoms with Crippen LogP contribution in [0.2, 0.25) is 0 Å². The SMILES string of the molecule is Cc1ccsc1CCN(C)C(=O)CC1CCCN1. The summed E-state index contributed by atoms with van der Waals surface area (Å²) in [7, 11) is 1.92. The number of thiophene rings is 1. The summed E-state index contributed by atoms with van der Waals surface area (Å²) in [6.45, 7) is 4.03. The van der Waals surface area contributed by atoms with Crippen molar-refractivity contribution < 1.29 is 4.79 Å². The monoisotopic (exact) mass is 266 g/mol. The van der Waals surface area contributed by atoms with Gasteiger partial charge < -0.3 is 10.2 Å². The Morgan fingerprint density at radius 3 is 3.06 bits per heavy atom. The van der Waals surface area contributed by atoms with E-state index in [1.807, 2.05) is 11.9 Å². The van der Waals surface area contributed by atoms with Gasteiger partial charge in [0, 0.05) is 30.9 Å². The number of likely N-dealkylation sites (N-methyl/N-ethyl adjacent to an activating group) is 1. The summed E-state index contributed by atoms with van der Waals surface area (Å²) in [5.74, 6) is 0.267. The van der Waals surface area contributed by atoms with E-state index >= 15 is 0 Å². The number of rotatable bonds is 5. The van der Waals surface area contributed by atoms with E-state index in [4.69, 9.17) is 0 Å². The number of aryl methyl sites for hydroxylation is 1. The zero-order chi connectivity index (χ0) is 13.0. The predicted molar refractivity (Wildman–Crippen MR) is 76.0 cm³/mol. The van der Waals surface area contributed by atoms with Crippen molar-refractivity contribution in [1.29, 1.82) is 0 Å². The molecule has 0 radical (unpaired) electrons. The van der Waals surface area contributed by atoms with Crippen LogP contribution in [0.4, 0.5) is 0 Å². The molecule has 0 saturated carbocycles. The van der Waals surface area contributed by atoms with Gasteiger partial charge in [0.1, 0.15) is 0 Å². The van der Waals surface area contributed by atoms with Crippen molar-refractivity contribution in [3.8, 4) is 0 Å². The minimum absolute atomic E-state index is 0.267. The maximum atomic E-state index is 12.0. The molecule has 18 heavy (non-hydrogen) atoms. The van der Waals surface area contributed by atoms with E-state index in [1.165, 1.54) is 16.9 Å². The maximum Gasteiger partial charge on any atom is 0.223 e. The molecule has 1 aromatic rings. The van der Waals surface area contributed by atoms with E-state index in [2.05, 4.69) is 23.7 Å². The number of hydrogen-bond acceptors (Lipinski definition) is 3. The summed E-state index contributed by atoms with van der Waals surface area (Å²) in [5, 5.41) is 5.50. The van der Waals surface area contributed by atoms with Crippen molar-refractivity contribution in [2.75, 3.05) is 20.1 Å². The van der Waals surface area contributed by atoms with E-state index in [-0.39, 0.29) is 5.91 Å². The van der Waals surface area contributed by atoms with Gasteiger partial charge in [-0.25, -0.2) is 0 Å². The summed E-state index contributed by atoms with van der Waals surface area (Å²) in [4.78, 5) is 15.3. The molecule has 1 aliphatic rings. The summed E-state index contributed by atoms with van der Waals surface area (Å²) < 4.78 is 0. The van der Waals surface area contributed by atoms with Crippen LogP contribution in [0.5, 0.6) is 0 Å². The lowest BCUT2D eigenvalue weighted by Gasteiger charge is -2.19. The maximum absolute atomic E-state index is 12.0. The molecule has 2 rings (SSSR count). The van der Waals surface area contributed by atoms with Crippen LogP contribution in [0.15, 0.2) is 11.4 Å². The molecule has 1 N–H and O–H groups in total. The molecule has 0 spiro atoms. The molecule has 0 aliphatic carbocycles. The molecule has 1 aliphatic heterocycles. The molecule has 1 fully saturated rings. The molecular formula is C14H22N2OS. The van der Waals surface area contributed by atoms with Crippen LogP contribution in [0.3, 0.4) is 0 Å². The Labute approximate surface area is 113 Å². The van der Waals surface area contributed by atoms with Crippen molar-refractivity contribution >= 4 is 17.2 Å². The molecule has 1 amide bonds. The number of nitrogens with zero attached hydrogens (tertiary/aromatic N) is 1. The first-order chi connectivity index (χ1) is 8.66. The van der Waals surface area contributed by atoms with Crippen LogP contribution in [-0.4, -0.2) is 37.0 Å². The van der Waals surface area contributed by atoms with Crippen LogP contribution in [0, 0.1) is 6.92 Å². The molecule has 2 heterocycles. The Balaban J connectivity index is 1.75. The van der Waals surface area contributed by atoms with Crippen molar-refractivity contribution in [3.05, 3.63) is 21.9 Å². The molecule has 0 aromatic carbocycles. The Morgan fingerprint density at radius 1 is 1.61 bits per heavy atom. The summed E-state index contributed by atoms with van der Waals surface area (Å²) in [6, 6.07) is 2.55. The van der Waals surface area contributed by atoms with Gasteiger partial charge in [0.2, 0.25) is 5.91 Å². The Morgan fingerprint density at radius 2 is 2.44 bits per heavy atom. The predicted octanol–water partition coefficient (Wildman–Crippen LogP) is 2.20. The largest absolute Gasteiger partial charge is 0.345 e.